The molecule has 5 nitrogen and oxygen atoms in total. The van der Waals surface area contributed by atoms with Crippen molar-refractivity contribution in [3.8, 4) is 11.6 Å². The molecule has 0 saturated heterocycles. The van der Waals surface area contributed by atoms with E-state index in [4.69, 9.17) is 20.6 Å². The fraction of sp³-hybridized carbons (Fsp3) is 0.250. The number of nitrogens with one attached hydrogen (secondary N) is 1. The number of ether oxygens (including phenoxy) is 2. The molecule has 0 spiro atoms. The van der Waals surface area contributed by atoms with E-state index in [1.54, 1.807) is 12.1 Å². The molecule has 0 amide bonds. The summed E-state index contributed by atoms with van der Waals surface area (Å²) in [5.74, 6) is 0.832. The second kappa shape index (κ2) is 3.75. The summed E-state index contributed by atoms with van der Waals surface area (Å²) in [6.45, 7) is 0. The Morgan fingerprint density at radius 2 is 2.08 bits per heavy atom. The predicted octanol–water partition coefficient (Wildman–Crippen LogP) is 0.383. The lowest BCUT2D eigenvalue weighted by Crippen LogP contribution is -2.13. The molecule has 0 aliphatic heterocycles. The second-order valence-corrected chi connectivity index (χ2v) is 2.35. The van der Waals surface area contributed by atoms with Crippen molar-refractivity contribution in [2.75, 3.05) is 14.2 Å². The van der Waals surface area contributed by atoms with Crippen molar-refractivity contribution in [2.45, 2.75) is 0 Å². The van der Waals surface area contributed by atoms with Crippen molar-refractivity contribution in [2.24, 2.45) is 5.73 Å². The van der Waals surface area contributed by atoms with Gasteiger partial charge >= 0.3 is 0 Å². The van der Waals surface area contributed by atoms with E-state index in [1.807, 2.05) is 0 Å². The third-order valence-electron chi connectivity index (χ3n) is 1.50. The zero-order chi connectivity index (χ0) is 9.84. The molecule has 1 aromatic rings. The van der Waals surface area contributed by atoms with E-state index in [2.05, 4.69) is 4.98 Å². The number of nitrogen functional groups attached to an aromatic ring is 1. The SMILES string of the molecule is COc1cc(OC)nc(C(=N)N)c1. The highest BCUT2D eigenvalue weighted by atomic mass is 16.5. The first-order valence-corrected chi connectivity index (χ1v) is 3.62. The van der Waals surface area contributed by atoms with Crippen molar-refractivity contribution >= 4 is 5.84 Å². The van der Waals surface area contributed by atoms with Crippen LogP contribution in [0.3, 0.4) is 0 Å². The first kappa shape index (κ1) is 9.31. The van der Waals surface area contributed by atoms with Gasteiger partial charge in [-0.2, -0.15) is 0 Å². The number of nitrogens with two attached hydrogens (primary N) is 1. The minimum absolute atomic E-state index is 0.114. The fourth-order valence-electron chi connectivity index (χ4n) is 0.842. The number of hydrogen-bond acceptors (Lipinski definition) is 4. The molecule has 0 bridgehead atoms. The third-order valence-corrected chi connectivity index (χ3v) is 1.50. The van der Waals surface area contributed by atoms with Crippen molar-refractivity contribution < 1.29 is 9.47 Å². The van der Waals surface area contributed by atoms with E-state index in [0.717, 1.165) is 0 Å². The minimum atomic E-state index is -0.114. The van der Waals surface area contributed by atoms with Gasteiger partial charge in [0.1, 0.15) is 17.3 Å². The molecule has 0 aliphatic rings. The summed E-state index contributed by atoms with van der Waals surface area (Å²) >= 11 is 0. The topological polar surface area (TPSA) is 81.2 Å². The van der Waals surface area contributed by atoms with Crippen molar-refractivity contribution in [1.82, 2.24) is 4.98 Å². The number of aromatic nitrogens is 1. The van der Waals surface area contributed by atoms with E-state index in [9.17, 15) is 0 Å². The number of methoxy groups -OCH3 is 2. The molecule has 5 heteroatoms. The highest BCUT2D eigenvalue weighted by Gasteiger charge is 2.04. The van der Waals surface area contributed by atoms with Gasteiger partial charge in [-0.3, -0.25) is 5.41 Å². The summed E-state index contributed by atoms with van der Waals surface area (Å²) in [5.41, 5.74) is 5.61. The lowest BCUT2D eigenvalue weighted by atomic mass is 10.3. The van der Waals surface area contributed by atoms with Gasteiger partial charge < -0.3 is 15.2 Å². The molecule has 0 unspecified atom stereocenters. The predicted molar refractivity (Wildman–Crippen MR) is 48.4 cm³/mol. The molecule has 1 aromatic heterocycles. The quantitative estimate of drug-likeness (QED) is 0.522. The molecule has 0 atom stereocenters. The van der Waals surface area contributed by atoms with Crippen LogP contribution in [-0.2, 0) is 0 Å². The van der Waals surface area contributed by atoms with Crippen LogP contribution >= 0.6 is 0 Å². The van der Waals surface area contributed by atoms with Gasteiger partial charge in [0.15, 0.2) is 0 Å². The van der Waals surface area contributed by atoms with Crippen LogP contribution in [-0.4, -0.2) is 25.0 Å². The largest absolute Gasteiger partial charge is 0.496 e. The van der Waals surface area contributed by atoms with Crippen LogP contribution in [0, 0.1) is 5.41 Å². The smallest absolute Gasteiger partial charge is 0.217 e. The Labute approximate surface area is 76.0 Å². The van der Waals surface area contributed by atoms with Gasteiger partial charge in [-0.1, -0.05) is 0 Å². The van der Waals surface area contributed by atoms with Crippen LogP contribution in [0.1, 0.15) is 5.69 Å². The standard InChI is InChI=1S/C8H11N3O2/c1-12-5-3-6(8(9)10)11-7(4-5)13-2/h3-4H,1-2H3,(H3,9,10). The van der Waals surface area contributed by atoms with E-state index in [1.165, 1.54) is 14.2 Å². The molecule has 3 N–H and O–H groups in total. The maximum atomic E-state index is 7.18. The number of rotatable bonds is 3. The van der Waals surface area contributed by atoms with E-state index in [0.29, 0.717) is 17.3 Å². The fourth-order valence-corrected chi connectivity index (χ4v) is 0.842. The monoisotopic (exact) mass is 181 g/mol. The molecule has 0 aromatic carbocycles. The van der Waals surface area contributed by atoms with E-state index >= 15 is 0 Å². The molecule has 1 heterocycles. The first-order valence-electron chi connectivity index (χ1n) is 3.62. The minimum Gasteiger partial charge on any atom is -0.496 e. The summed E-state index contributed by atoms with van der Waals surface area (Å²) in [6, 6.07) is 3.19. The van der Waals surface area contributed by atoms with Gasteiger partial charge in [0.05, 0.1) is 14.2 Å². The number of pyridine rings is 1. The molecule has 70 valence electrons. The normalized spacial score (nSPS) is 9.38. The number of amidine groups is 1. The average molecular weight is 181 g/mol. The van der Waals surface area contributed by atoms with Gasteiger partial charge in [-0.05, 0) is 0 Å². The molecular weight excluding hydrogens is 170 g/mol. The van der Waals surface area contributed by atoms with Crippen LogP contribution in [0.4, 0.5) is 0 Å². The summed E-state index contributed by atoms with van der Waals surface area (Å²) in [6.07, 6.45) is 0. The molecule has 0 aliphatic carbocycles. The molecule has 0 radical (unpaired) electrons. The molecule has 1 rings (SSSR count). The lowest BCUT2D eigenvalue weighted by Gasteiger charge is -2.05. The number of nitrogens with zero attached hydrogens (tertiary/aromatic N) is 1. The Balaban J connectivity index is 3.14. The number of hydrogen-bond donors (Lipinski definition) is 2. The van der Waals surface area contributed by atoms with Crippen molar-refractivity contribution in [3.05, 3.63) is 17.8 Å². The van der Waals surface area contributed by atoms with Crippen LogP contribution < -0.4 is 15.2 Å². The molecule has 0 saturated carbocycles. The van der Waals surface area contributed by atoms with Gasteiger partial charge in [0.25, 0.3) is 0 Å². The maximum Gasteiger partial charge on any atom is 0.217 e. The van der Waals surface area contributed by atoms with Crippen LogP contribution in [0.15, 0.2) is 12.1 Å². The highest BCUT2D eigenvalue weighted by molar-refractivity contribution is 5.93. The summed E-state index contributed by atoms with van der Waals surface area (Å²) in [7, 11) is 3.02. The maximum absolute atomic E-state index is 7.18. The third kappa shape index (κ3) is 2.08. The van der Waals surface area contributed by atoms with Gasteiger partial charge in [-0.25, -0.2) is 4.98 Å². The summed E-state index contributed by atoms with van der Waals surface area (Å²) in [5, 5.41) is 7.18. The van der Waals surface area contributed by atoms with Gasteiger partial charge in [0.2, 0.25) is 5.88 Å². The van der Waals surface area contributed by atoms with Crippen LogP contribution in [0.2, 0.25) is 0 Å². The molecule has 13 heavy (non-hydrogen) atoms. The Hall–Kier alpha value is -1.78. The van der Waals surface area contributed by atoms with Crippen LogP contribution in [0.5, 0.6) is 11.6 Å². The van der Waals surface area contributed by atoms with E-state index in [-0.39, 0.29) is 5.84 Å². The zero-order valence-corrected chi connectivity index (χ0v) is 7.50. The molecule has 0 fully saturated rings. The van der Waals surface area contributed by atoms with E-state index < -0.39 is 0 Å². The van der Waals surface area contributed by atoms with Crippen molar-refractivity contribution in [3.63, 3.8) is 0 Å². The average Bonchev–Trinajstić information content (AvgIpc) is 2.16. The molecular formula is C8H11N3O2. The summed E-state index contributed by atoms with van der Waals surface area (Å²) < 4.78 is 9.88. The van der Waals surface area contributed by atoms with Gasteiger partial charge in [0, 0.05) is 12.1 Å². The first-order chi connectivity index (χ1) is 6.17. The Bertz CT molecular complexity index is 303. The summed E-state index contributed by atoms with van der Waals surface area (Å²) in [4.78, 5) is 3.95. The zero-order valence-electron chi connectivity index (χ0n) is 7.50. The van der Waals surface area contributed by atoms with Gasteiger partial charge in [-0.15, -0.1) is 0 Å². The highest BCUT2D eigenvalue weighted by Crippen LogP contribution is 2.18. The van der Waals surface area contributed by atoms with Crippen LogP contribution in [0.25, 0.3) is 0 Å². The Kier molecular flexibility index (Phi) is 2.69. The van der Waals surface area contributed by atoms with Crippen molar-refractivity contribution in [1.29, 1.82) is 5.41 Å². The lowest BCUT2D eigenvalue weighted by molar-refractivity contribution is 0.382. The Morgan fingerprint density at radius 1 is 1.38 bits per heavy atom. The second-order valence-electron chi connectivity index (χ2n) is 2.35. The Morgan fingerprint density at radius 3 is 2.54 bits per heavy atom.